The quantitative estimate of drug-likeness (QED) is 0.690. The molecular weight excluding hydrogens is 317 g/mol. The Morgan fingerprint density at radius 3 is 2.61 bits per heavy atom. The highest BCUT2D eigenvalue weighted by Gasteiger charge is 2.33. The summed E-state index contributed by atoms with van der Waals surface area (Å²) in [6, 6.07) is 4.55. The van der Waals surface area contributed by atoms with Crippen molar-refractivity contribution in [3.63, 3.8) is 0 Å². The molecule has 122 valence electrons. The van der Waals surface area contributed by atoms with Gasteiger partial charge in [-0.05, 0) is 22.0 Å². The molecule has 0 saturated carbocycles. The molecule has 0 aliphatic rings. The lowest BCUT2D eigenvalue weighted by Gasteiger charge is -2.13. The number of hydrogen-bond acceptors (Lipinski definition) is 4. The highest BCUT2D eigenvalue weighted by Crippen LogP contribution is 2.34. The minimum atomic E-state index is -4.60. The molecule has 0 atom stereocenters. The maximum Gasteiger partial charge on any atom is 0.418 e. The first-order chi connectivity index (χ1) is 10.7. The van der Waals surface area contributed by atoms with E-state index in [-0.39, 0.29) is 11.5 Å². The fraction of sp³-hybridized carbons (Fsp3) is 0.231. The van der Waals surface area contributed by atoms with Crippen molar-refractivity contribution in [2.45, 2.75) is 19.6 Å². The number of imidazole rings is 1. The van der Waals surface area contributed by atoms with E-state index in [4.69, 9.17) is 0 Å². The Kier molecular flexibility index (Phi) is 4.34. The zero-order valence-electron chi connectivity index (χ0n) is 11.8. The number of nitrogens with one attached hydrogen (secondary N) is 1. The number of carbonyl (C=O) groups excluding carboxylic acids is 1. The molecule has 1 aromatic heterocycles. The summed E-state index contributed by atoms with van der Waals surface area (Å²) in [7, 11) is 0. The van der Waals surface area contributed by atoms with Crippen LogP contribution in [0.4, 0.5) is 24.7 Å². The molecular formula is C13H11F3N4O3. The topological polar surface area (TPSA) is 90.1 Å². The number of alkyl halides is 3. The summed E-state index contributed by atoms with van der Waals surface area (Å²) in [4.78, 5) is 25.4. The molecule has 1 aromatic carbocycles. The second-order valence-electron chi connectivity index (χ2n) is 4.62. The third-order valence-corrected chi connectivity index (χ3v) is 2.97. The van der Waals surface area contributed by atoms with Gasteiger partial charge in [0.1, 0.15) is 12.7 Å². The van der Waals surface area contributed by atoms with Gasteiger partial charge in [-0.2, -0.15) is 13.2 Å². The lowest BCUT2D eigenvalue weighted by Crippen LogP contribution is -2.21. The maximum absolute atomic E-state index is 12.8. The Morgan fingerprint density at radius 2 is 2.04 bits per heavy atom. The van der Waals surface area contributed by atoms with Crippen LogP contribution in [0.5, 0.6) is 0 Å². The minimum Gasteiger partial charge on any atom is -0.358 e. The third kappa shape index (κ3) is 3.84. The number of anilines is 1. The van der Waals surface area contributed by atoms with Crippen LogP contribution in [0.2, 0.25) is 0 Å². The van der Waals surface area contributed by atoms with Crippen LogP contribution < -0.4 is 5.32 Å². The molecule has 23 heavy (non-hydrogen) atoms. The zero-order chi connectivity index (χ0) is 17.2. The number of aromatic nitrogens is 2. The Balaban J connectivity index is 2.16. The van der Waals surface area contributed by atoms with Gasteiger partial charge >= 0.3 is 12.0 Å². The van der Waals surface area contributed by atoms with Gasteiger partial charge in [-0.1, -0.05) is 12.1 Å². The number of para-hydroxylation sites is 1. The molecule has 1 heterocycles. The number of carbonyl (C=O) groups is 1. The van der Waals surface area contributed by atoms with Gasteiger partial charge in [0.25, 0.3) is 0 Å². The number of hydrogen-bond donors (Lipinski definition) is 1. The molecule has 1 N–H and O–H groups in total. The van der Waals surface area contributed by atoms with Crippen LogP contribution in [0.1, 0.15) is 11.4 Å². The van der Waals surface area contributed by atoms with E-state index in [0.29, 0.717) is 0 Å². The molecule has 0 bridgehead atoms. The van der Waals surface area contributed by atoms with Crippen molar-refractivity contribution in [3.05, 3.63) is 52.0 Å². The van der Waals surface area contributed by atoms with Gasteiger partial charge < -0.3 is 15.4 Å². The molecule has 0 unspecified atom stereocenters. The predicted octanol–water partition coefficient (Wildman–Crippen LogP) is 2.76. The number of benzene rings is 1. The smallest absolute Gasteiger partial charge is 0.358 e. The third-order valence-electron chi connectivity index (χ3n) is 2.97. The molecule has 0 saturated heterocycles. The van der Waals surface area contributed by atoms with E-state index in [1.807, 2.05) is 0 Å². The van der Waals surface area contributed by atoms with Crippen molar-refractivity contribution in [2.24, 2.45) is 0 Å². The van der Waals surface area contributed by atoms with Crippen LogP contribution in [-0.4, -0.2) is 20.4 Å². The van der Waals surface area contributed by atoms with Gasteiger partial charge in [-0.15, -0.1) is 0 Å². The standard InChI is InChI=1S/C13H11F3N4O3/c1-8-17-11(20(22)23)6-19(8)7-12(21)18-10-5-3-2-4-9(10)13(14,15)16/h2-6H,7H2,1H3,(H,18,21). The van der Waals surface area contributed by atoms with E-state index in [0.717, 1.165) is 18.3 Å². The molecule has 0 fully saturated rings. The van der Waals surface area contributed by atoms with E-state index in [1.54, 1.807) is 0 Å². The first-order valence-corrected chi connectivity index (χ1v) is 6.32. The fourth-order valence-corrected chi connectivity index (χ4v) is 1.92. The van der Waals surface area contributed by atoms with E-state index >= 15 is 0 Å². The molecule has 1 amide bonds. The number of nitro groups is 1. The number of halogens is 3. The molecule has 0 spiro atoms. The van der Waals surface area contributed by atoms with Crippen LogP contribution in [0.25, 0.3) is 0 Å². The van der Waals surface area contributed by atoms with Gasteiger partial charge in [0.15, 0.2) is 0 Å². The van der Waals surface area contributed by atoms with Crippen LogP contribution >= 0.6 is 0 Å². The molecule has 0 aliphatic carbocycles. The second kappa shape index (κ2) is 6.07. The molecule has 0 radical (unpaired) electrons. The summed E-state index contributed by atoms with van der Waals surface area (Å²) in [6.07, 6.45) is -3.56. The fourth-order valence-electron chi connectivity index (χ4n) is 1.92. The summed E-state index contributed by atoms with van der Waals surface area (Å²) < 4.78 is 39.7. The van der Waals surface area contributed by atoms with Crippen LogP contribution in [-0.2, 0) is 17.5 Å². The molecule has 2 rings (SSSR count). The zero-order valence-corrected chi connectivity index (χ0v) is 11.8. The van der Waals surface area contributed by atoms with Gasteiger partial charge in [-0.25, -0.2) is 0 Å². The first-order valence-electron chi connectivity index (χ1n) is 6.32. The molecule has 2 aromatic rings. The van der Waals surface area contributed by atoms with Crippen LogP contribution in [0, 0.1) is 17.0 Å². The van der Waals surface area contributed by atoms with E-state index in [2.05, 4.69) is 10.3 Å². The van der Waals surface area contributed by atoms with Gasteiger partial charge in [-0.3, -0.25) is 9.36 Å². The number of rotatable bonds is 4. The van der Waals surface area contributed by atoms with E-state index < -0.39 is 34.9 Å². The molecule has 7 nitrogen and oxygen atoms in total. The van der Waals surface area contributed by atoms with Gasteiger partial charge in [0.2, 0.25) is 11.7 Å². The van der Waals surface area contributed by atoms with Crippen molar-refractivity contribution in [1.29, 1.82) is 0 Å². The average molecular weight is 328 g/mol. The van der Waals surface area contributed by atoms with E-state index in [1.165, 1.54) is 23.6 Å². The summed E-state index contributed by atoms with van der Waals surface area (Å²) in [5, 5.41) is 12.8. The number of nitrogens with zero attached hydrogens (tertiary/aromatic N) is 3. The van der Waals surface area contributed by atoms with Crippen molar-refractivity contribution < 1.29 is 22.9 Å². The van der Waals surface area contributed by atoms with Crippen molar-refractivity contribution in [3.8, 4) is 0 Å². The van der Waals surface area contributed by atoms with Crippen LogP contribution in [0.3, 0.4) is 0 Å². The Bertz CT molecular complexity index is 755. The summed E-state index contributed by atoms with van der Waals surface area (Å²) in [5.74, 6) is -0.987. The SMILES string of the molecule is Cc1nc([N+](=O)[O-])cn1CC(=O)Nc1ccccc1C(F)(F)F. The predicted molar refractivity (Wildman–Crippen MR) is 73.7 cm³/mol. The monoisotopic (exact) mass is 328 g/mol. The summed E-state index contributed by atoms with van der Waals surface area (Å²) in [6.45, 7) is 1.06. The number of amides is 1. The lowest BCUT2D eigenvalue weighted by molar-refractivity contribution is -0.389. The molecule has 0 aliphatic heterocycles. The Labute approximate surface area is 127 Å². The highest BCUT2D eigenvalue weighted by atomic mass is 19.4. The minimum absolute atomic E-state index is 0.205. The van der Waals surface area contributed by atoms with Crippen molar-refractivity contribution in [1.82, 2.24) is 9.55 Å². The average Bonchev–Trinajstić information content (AvgIpc) is 2.79. The van der Waals surface area contributed by atoms with Crippen molar-refractivity contribution >= 4 is 17.4 Å². The summed E-state index contributed by atoms with van der Waals surface area (Å²) in [5.41, 5.74) is -1.35. The summed E-state index contributed by atoms with van der Waals surface area (Å²) >= 11 is 0. The van der Waals surface area contributed by atoms with Crippen LogP contribution in [0.15, 0.2) is 30.5 Å². The highest BCUT2D eigenvalue weighted by molar-refractivity contribution is 5.91. The van der Waals surface area contributed by atoms with E-state index in [9.17, 15) is 28.1 Å². The lowest BCUT2D eigenvalue weighted by atomic mass is 10.1. The Morgan fingerprint density at radius 1 is 1.39 bits per heavy atom. The first kappa shape index (κ1) is 16.5. The number of aryl methyl sites for hydroxylation is 1. The largest absolute Gasteiger partial charge is 0.418 e. The Hall–Kier alpha value is -2.91. The normalized spacial score (nSPS) is 11.3. The second-order valence-corrected chi connectivity index (χ2v) is 4.62. The van der Waals surface area contributed by atoms with Gasteiger partial charge in [0.05, 0.1) is 11.3 Å². The molecule has 10 heteroatoms. The maximum atomic E-state index is 12.8. The van der Waals surface area contributed by atoms with Crippen molar-refractivity contribution in [2.75, 3.05) is 5.32 Å². The van der Waals surface area contributed by atoms with Gasteiger partial charge in [0, 0.05) is 6.92 Å².